The molecule has 1 aliphatic rings. The second-order valence-corrected chi connectivity index (χ2v) is 12.1. The molecule has 0 saturated carbocycles. The minimum absolute atomic E-state index is 0.00145. The highest BCUT2D eigenvalue weighted by molar-refractivity contribution is 7.12. The quantitative estimate of drug-likeness (QED) is 0.208. The fraction of sp³-hybridized carbons (Fsp3) is 0.471. The van der Waals surface area contributed by atoms with E-state index >= 15 is 0 Å². The molecule has 2 heterocycles. The zero-order chi connectivity index (χ0) is 30.1. The predicted molar refractivity (Wildman–Crippen MR) is 168 cm³/mol. The number of ether oxygens (including phenoxy) is 3. The highest BCUT2D eigenvalue weighted by Gasteiger charge is 2.25. The third kappa shape index (κ3) is 8.13. The molecular weight excluding hydrogens is 548 g/mol. The number of piperazine rings is 1. The number of thiophene rings is 1. The van der Waals surface area contributed by atoms with E-state index in [9.17, 15) is 9.59 Å². The fourth-order valence-electron chi connectivity index (χ4n) is 5.61. The maximum atomic E-state index is 13.2. The first kappa shape index (κ1) is 31.6. The normalized spacial score (nSPS) is 14.5. The number of hydrogen-bond acceptors (Lipinski definition) is 7. The number of carbonyl (C=O) groups excluding carboxylic acids is 2. The van der Waals surface area contributed by atoms with Gasteiger partial charge in [-0.2, -0.15) is 0 Å². The molecule has 0 N–H and O–H groups in total. The number of Topliss-reactive ketones (excluding diaryl/α,β-unsaturated/α-hetero) is 1. The number of hydrogen-bond donors (Lipinski definition) is 0. The lowest BCUT2D eigenvalue weighted by molar-refractivity contribution is -0.133. The van der Waals surface area contributed by atoms with Crippen LogP contribution in [0.25, 0.3) is 0 Å². The van der Waals surface area contributed by atoms with E-state index in [1.807, 2.05) is 29.3 Å². The lowest BCUT2D eigenvalue weighted by Crippen LogP contribution is -2.48. The first-order valence-corrected chi connectivity index (χ1v) is 15.6. The van der Waals surface area contributed by atoms with Crippen molar-refractivity contribution in [3.63, 3.8) is 0 Å². The van der Waals surface area contributed by atoms with E-state index < -0.39 is 0 Å². The van der Waals surface area contributed by atoms with Crippen LogP contribution in [0.4, 0.5) is 0 Å². The highest BCUT2D eigenvalue weighted by atomic mass is 32.1. The Morgan fingerprint density at radius 3 is 2.21 bits per heavy atom. The number of rotatable bonds is 14. The average molecular weight is 593 g/mol. The Balaban J connectivity index is 1.22. The largest absolute Gasteiger partial charge is 0.493 e. The molecule has 1 fully saturated rings. The van der Waals surface area contributed by atoms with Crippen LogP contribution >= 0.6 is 11.3 Å². The van der Waals surface area contributed by atoms with Gasteiger partial charge < -0.3 is 19.1 Å². The predicted octanol–water partition coefficient (Wildman–Crippen LogP) is 6.20. The summed E-state index contributed by atoms with van der Waals surface area (Å²) in [5.41, 5.74) is 4.76. The van der Waals surface area contributed by atoms with Crippen LogP contribution in [0.2, 0.25) is 0 Å². The van der Waals surface area contributed by atoms with E-state index in [4.69, 9.17) is 14.2 Å². The van der Waals surface area contributed by atoms with Gasteiger partial charge in [-0.15, -0.1) is 11.3 Å². The van der Waals surface area contributed by atoms with Gasteiger partial charge in [0.05, 0.1) is 26.2 Å². The van der Waals surface area contributed by atoms with Crippen molar-refractivity contribution >= 4 is 23.0 Å². The summed E-state index contributed by atoms with van der Waals surface area (Å²) < 4.78 is 16.6. The van der Waals surface area contributed by atoms with Crippen LogP contribution < -0.4 is 14.2 Å². The molecule has 226 valence electrons. The Morgan fingerprint density at radius 1 is 0.833 bits per heavy atom. The van der Waals surface area contributed by atoms with Gasteiger partial charge in [0.1, 0.15) is 0 Å². The van der Waals surface area contributed by atoms with E-state index in [1.54, 1.807) is 21.3 Å². The number of methoxy groups -OCH3 is 3. The maximum Gasteiger partial charge on any atom is 0.222 e. The number of benzene rings is 2. The molecule has 42 heavy (non-hydrogen) atoms. The maximum absolute atomic E-state index is 13.2. The van der Waals surface area contributed by atoms with Gasteiger partial charge in [-0.1, -0.05) is 42.8 Å². The van der Waals surface area contributed by atoms with Crippen molar-refractivity contribution in [3.8, 4) is 17.2 Å². The fourth-order valence-corrected chi connectivity index (χ4v) is 6.51. The SMILES string of the molecule is COc1ccc(CN2CCN(C(=O)CC(C)CC(=O)c3sccc3CCCc3ccc(C)cc3)CC2)c(OC)c1OC. The number of nitrogens with zero attached hydrogens (tertiary/aromatic N) is 2. The Morgan fingerprint density at radius 2 is 1.55 bits per heavy atom. The first-order valence-electron chi connectivity index (χ1n) is 14.8. The third-order valence-corrected chi connectivity index (χ3v) is 8.99. The molecule has 1 unspecified atom stereocenters. The Kier molecular flexibility index (Phi) is 11.4. The van der Waals surface area contributed by atoms with Crippen LogP contribution in [0.1, 0.15) is 58.1 Å². The van der Waals surface area contributed by atoms with Crippen molar-refractivity contribution < 1.29 is 23.8 Å². The van der Waals surface area contributed by atoms with Crippen LogP contribution in [-0.2, 0) is 24.2 Å². The Bertz CT molecular complexity index is 1330. The molecule has 0 aliphatic carbocycles. The molecule has 4 rings (SSSR count). The van der Waals surface area contributed by atoms with E-state index in [1.165, 1.54) is 22.5 Å². The number of amides is 1. The summed E-state index contributed by atoms with van der Waals surface area (Å²) in [6, 6.07) is 14.6. The van der Waals surface area contributed by atoms with Gasteiger partial charge in [-0.25, -0.2) is 0 Å². The number of carbonyl (C=O) groups is 2. The summed E-state index contributed by atoms with van der Waals surface area (Å²) in [4.78, 5) is 31.4. The van der Waals surface area contributed by atoms with E-state index in [0.29, 0.717) is 49.7 Å². The second kappa shape index (κ2) is 15.2. The van der Waals surface area contributed by atoms with Gasteiger partial charge >= 0.3 is 0 Å². The lowest BCUT2D eigenvalue weighted by Gasteiger charge is -2.35. The molecule has 2 aromatic carbocycles. The summed E-state index contributed by atoms with van der Waals surface area (Å²) in [6.45, 7) is 7.71. The van der Waals surface area contributed by atoms with E-state index in [-0.39, 0.29) is 17.6 Å². The summed E-state index contributed by atoms with van der Waals surface area (Å²) in [5, 5.41) is 2.02. The van der Waals surface area contributed by atoms with Crippen LogP contribution in [0, 0.1) is 12.8 Å². The van der Waals surface area contributed by atoms with Crippen molar-refractivity contribution in [2.45, 2.75) is 52.5 Å². The lowest BCUT2D eigenvalue weighted by atomic mass is 9.97. The van der Waals surface area contributed by atoms with Gasteiger partial charge in [0, 0.05) is 51.1 Å². The second-order valence-electron chi connectivity index (χ2n) is 11.2. The van der Waals surface area contributed by atoms with Crippen molar-refractivity contribution in [3.05, 3.63) is 75.0 Å². The highest BCUT2D eigenvalue weighted by Crippen LogP contribution is 2.40. The summed E-state index contributed by atoms with van der Waals surface area (Å²) in [7, 11) is 4.85. The standard InChI is InChI=1S/C34H44N2O5S/c1-24-9-11-26(12-10-24)7-6-8-27-15-20-42-34(27)29(37)21-25(2)22-31(38)36-18-16-35(17-19-36)23-28-13-14-30(39-3)33(41-5)32(28)40-4/h9-15,20,25H,6-8,16-19,21-23H2,1-5H3. The monoisotopic (exact) mass is 592 g/mol. The minimum Gasteiger partial charge on any atom is -0.493 e. The average Bonchev–Trinajstić information content (AvgIpc) is 3.47. The van der Waals surface area contributed by atoms with Gasteiger partial charge in [0.2, 0.25) is 11.7 Å². The molecular formula is C34H44N2O5S. The van der Waals surface area contributed by atoms with Crippen molar-refractivity contribution in [1.29, 1.82) is 0 Å². The smallest absolute Gasteiger partial charge is 0.222 e. The number of ketones is 1. The van der Waals surface area contributed by atoms with Crippen LogP contribution in [0.5, 0.6) is 17.2 Å². The van der Waals surface area contributed by atoms with E-state index in [2.05, 4.69) is 42.2 Å². The van der Waals surface area contributed by atoms with Gasteiger partial charge in [0.25, 0.3) is 0 Å². The Labute approximate surface area is 254 Å². The number of aryl methyl sites for hydroxylation is 3. The molecule has 1 atom stereocenters. The van der Waals surface area contributed by atoms with Gasteiger partial charge in [-0.3, -0.25) is 14.5 Å². The molecule has 0 bridgehead atoms. The molecule has 1 aliphatic heterocycles. The first-order chi connectivity index (χ1) is 20.3. The van der Waals surface area contributed by atoms with Gasteiger partial charge in [-0.05, 0) is 60.7 Å². The zero-order valence-corrected chi connectivity index (χ0v) is 26.4. The molecule has 8 heteroatoms. The molecule has 0 radical (unpaired) electrons. The third-order valence-electron chi connectivity index (χ3n) is 7.99. The van der Waals surface area contributed by atoms with Crippen molar-refractivity contribution in [1.82, 2.24) is 9.80 Å². The molecule has 7 nitrogen and oxygen atoms in total. The molecule has 1 aromatic heterocycles. The Hall–Kier alpha value is -3.36. The van der Waals surface area contributed by atoms with Crippen molar-refractivity contribution in [2.75, 3.05) is 47.5 Å². The topological polar surface area (TPSA) is 68.3 Å². The molecule has 1 saturated heterocycles. The summed E-state index contributed by atoms with van der Waals surface area (Å²) in [5.74, 6) is 2.18. The summed E-state index contributed by atoms with van der Waals surface area (Å²) in [6.07, 6.45) is 3.70. The summed E-state index contributed by atoms with van der Waals surface area (Å²) >= 11 is 1.53. The van der Waals surface area contributed by atoms with Crippen LogP contribution in [-0.4, -0.2) is 69.0 Å². The molecule has 3 aromatic rings. The molecule has 0 spiro atoms. The van der Waals surface area contributed by atoms with E-state index in [0.717, 1.165) is 48.4 Å². The zero-order valence-electron chi connectivity index (χ0n) is 25.6. The minimum atomic E-state index is 0.00145. The van der Waals surface area contributed by atoms with Crippen molar-refractivity contribution in [2.24, 2.45) is 5.92 Å². The van der Waals surface area contributed by atoms with Gasteiger partial charge in [0.15, 0.2) is 17.3 Å². The van der Waals surface area contributed by atoms with Crippen LogP contribution in [0.15, 0.2) is 47.8 Å². The van der Waals surface area contributed by atoms with Crippen LogP contribution in [0.3, 0.4) is 0 Å². The molecule has 1 amide bonds.